The van der Waals surface area contributed by atoms with Crippen LogP contribution in [0.4, 0.5) is 5.69 Å². The summed E-state index contributed by atoms with van der Waals surface area (Å²) in [4.78, 5) is 12.2. The molecule has 22 heavy (non-hydrogen) atoms. The van der Waals surface area contributed by atoms with Gasteiger partial charge in [0.15, 0.2) is 0 Å². The Kier molecular flexibility index (Phi) is 5.58. The number of sulfonamides is 1. The average molecular weight is 324 g/mol. The van der Waals surface area contributed by atoms with Crippen molar-refractivity contribution in [2.75, 3.05) is 5.32 Å². The molecule has 1 amide bonds. The number of nitrogens with two attached hydrogens (primary N) is 1. The summed E-state index contributed by atoms with van der Waals surface area (Å²) in [6, 6.07) is 4.88. The molecule has 0 radical (unpaired) electrons. The number of carbonyl (C=O) groups is 1. The number of hydrogen-bond donors (Lipinski definition) is 2. The molecule has 0 aliphatic heterocycles. The first-order chi connectivity index (χ1) is 10.4. The van der Waals surface area contributed by atoms with Gasteiger partial charge in [0.05, 0.1) is 4.90 Å². The summed E-state index contributed by atoms with van der Waals surface area (Å²) in [6.07, 6.45) is 6.92. The monoisotopic (exact) mass is 324 g/mol. The molecule has 6 heteroatoms. The quantitative estimate of drug-likeness (QED) is 0.872. The maximum Gasteiger partial charge on any atom is 0.238 e. The second-order valence-corrected chi connectivity index (χ2v) is 7.51. The average Bonchev–Trinajstić information content (AvgIpc) is 2.47. The lowest BCUT2D eigenvalue weighted by atomic mass is 9.87. The first-order valence-electron chi connectivity index (χ1n) is 7.85. The van der Waals surface area contributed by atoms with Crippen molar-refractivity contribution >= 4 is 21.6 Å². The zero-order valence-electron chi connectivity index (χ0n) is 13.0. The highest BCUT2D eigenvalue weighted by molar-refractivity contribution is 7.89. The zero-order valence-corrected chi connectivity index (χ0v) is 13.8. The van der Waals surface area contributed by atoms with Gasteiger partial charge in [-0.2, -0.15) is 0 Å². The molecule has 1 aliphatic rings. The Morgan fingerprint density at radius 1 is 1.27 bits per heavy atom. The van der Waals surface area contributed by atoms with Crippen LogP contribution in [-0.2, 0) is 21.2 Å². The van der Waals surface area contributed by atoms with Crippen LogP contribution in [0, 0.1) is 5.92 Å². The van der Waals surface area contributed by atoms with Crippen molar-refractivity contribution < 1.29 is 13.2 Å². The second-order valence-electron chi connectivity index (χ2n) is 5.98. The number of rotatable bonds is 5. The number of hydrogen-bond acceptors (Lipinski definition) is 3. The van der Waals surface area contributed by atoms with Gasteiger partial charge in [-0.15, -0.1) is 0 Å². The molecule has 0 heterocycles. The van der Waals surface area contributed by atoms with Gasteiger partial charge in [0, 0.05) is 12.1 Å². The number of anilines is 1. The molecule has 0 atom stereocenters. The maximum absolute atomic E-state index is 12.1. The molecule has 1 fully saturated rings. The van der Waals surface area contributed by atoms with Crippen molar-refractivity contribution in [2.24, 2.45) is 11.1 Å². The van der Waals surface area contributed by atoms with Crippen molar-refractivity contribution in [2.45, 2.75) is 56.8 Å². The summed E-state index contributed by atoms with van der Waals surface area (Å²) < 4.78 is 23.3. The molecule has 0 unspecified atom stereocenters. The lowest BCUT2D eigenvalue weighted by molar-refractivity contribution is -0.117. The molecule has 1 saturated carbocycles. The molecule has 0 aromatic heterocycles. The molecule has 1 aromatic carbocycles. The van der Waals surface area contributed by atoms with E-state index >= 15 is 0 Å². The van der Waals surface area contributed by atoms with Gasteiger partial charge in [-0.25, -0.2) is 13.6 Å². The fraction of sp³-hybridized carbons (Fsp3) is 0.562. The van der Waals surface area contributed by atoms with Crippen molar-refractivity contribution in [3.05, 3.63) is 23.8 Å². The number of carbonyl (C=O) groups excluding carboxylic acids is 1. The van der Waals surface area contributed by atoms with E-state index in [-0.39, 0.29) is 10.8 Å². The van der Waals surface area contributed by atoms with Gasteiger partial charge in [-0.3, -0.25) is 4.79 Å². The zero-order chi connectivity index (χ0) is 16.2. The van der Waals surface area contributed by atoms with Crippen LogP contribution in [0.15, 0.2) is 23.1 Å². The first-order valence-corrected chi connectivity index (χ1v) is 9.40. The van der Waals surface area contributed by atoms with E-state index in [1.54, 1.807) is 12.1 Å². The van der Waals surface area contributed by atoms with Crippen molar-refractivity contribution in [1.82, 2.24) is 0 Å². The largest absolute Gasteiger partial charge is 0.326 e. The van der Waals surface area contributed by atoms with Gasteiger partial charge in [0.1, 0.15) is 0 Å². The van der Waals surface area contributed by atoms with Gasteiger partial charge >= 0.3 is 0 Å². The van der Waals surface area contributed by atoms with E-state index in [1.165, 1.54) is 25.3 Å². The number of nitrogens with one attached hydrogen (secondary N) is 1. The predicted octanol–water partition coefficient (Wildman–Crippen LogP) is 2.81. The molecule has 122 valence electrons. The smallest absolute Gasteiger partial charge is 0.238 e. The Morgan fingerprint density at radius 3 is 2.55 bits per heavy atom. The topological polar surface area (TPSA) is 89.3 Å². The molecule has 3 N–H and O–H groups in total. The third-order valence-electron chi connectivity index (χ3n) is 4.24. The van der Waals surface area contributed by atoms with E-state index in [4.69, 9.17) is 5.14 Å². The van der Waals surface area contributed by atoms with Crippen LogP contribution in [0.1, 0.15) is 51.0 Å². The predicted molar refractivity (Wildman–Crippen MR) is 87.0 cm³/mol. The Hall–Kier alpha value is -1.40. The van der Waals surface area contributed by atoms with Gasteiger partial charge in [-0.1, -0.05) is 32.3 Å². The van der Waals surface area contributed by atoms with Crippen LogP contribution in [0.5, 0.6) is 0 Å². The van der Waals surface area contributed by atoms with E-state index in [2.05, 4.69) is 5.32 Å². The van der Waals surface area contributed by atoms with Crippen LogP contribution in [0.25, 0.3) is 0 Å². The van der Waals surface area contributed by atoms with Crippen molar-refractivity contribution in [3.63, 3.8) is 0 Å². The van der Waals surface area contributed by atoms with Crippen LogP contribution >= 0.6 is 0 Å². The molecule has 1 aromatic rings. The SMILES string of the molecule is CCc1ccc(NC(=O)CC2CCCCC2)cc1S(N)(=O)=O. The van der Waals surface area contributed by atoms with Gasteiger partial charge in [-0.05, 0) is 42.9 Å². The maximum atomic E-state index is 12.1. The van der Waals surface area contributed by atoms with Gasteiger partial charge in [0.25, 0.3) is 0 Å². The third-order valence-corrected chi connectivity index (χ3v) is 5.23. The van der Waals surface area contributed by atoms with E-state index in [0.717, 1.165) is 12.8 Å². The molecule has 0 saturated heterocycles. The van der Waals surface area contributed by atoms with Crippen LogP contribution < -0.4 is 10.5 Å². The van der Waals surface area contributed by atoms with Crippen molar-refractivity contribution in [3.8, 4) is 0 Å². The molecular formula is C16H24N2O3S. The Bertz CT molecular complexity index is 635. The molecule has 2 rings (SSSR count). The molecule has 0 spiro atoms. The Balaban J connectivity index is 2.07. The number of primary sulfonamides is 1. The normalized spacial score (nSPS) is 16.5. The van der Waals surface area contributed by atoms with E-state index < -0.39 is 10.0 Å². The molecule has 0 bridgehead atoms. The lowest BCUT2D eigenvalue weighted by Crippen LogP contribution is -2.19. The van der Waals surface area contributed by atoms with Crippen LogP contribution in [0.3, 0.4) is 0 Å². The minimum atomic E-state index is -3.78. The lowest BCUT2D eigenvalue weighted by Gasteiger charge is -2.21. The Labute approximate surface area is 132 Å². The van der Waals surface area contributed by atoms with E-state index in [1.807, 2.05) is 6.92 Å². The van der Waals surface area contributed by atoms with Crippen molar-refractivity contribution in [1.29, 1.82) is 0 Å². The number of aryl methyl sites for hydroxylation is 1. The highest BCUT2D eigenvalue weighted by Gasteiger charge is 2.18. The summed E-state index contributed by atoms with van der Waals surface area (Å²) in [5.74, 6) is 0.387. The highest BCUT2D eigenvalue weighted by atomic mass is 32.2. The summed E-state index contributed by atoms with van der Waals surface area (Å²) in [5, 5.41) is 8.04. The third kappa shape index (κ3) is 4.55. The Morgan fingerprint density at radius 2 is 1.95 bits per heavy atom. The summed E-state index contributed by atoms with van der Waals surface area (Å²) in [7, 11) is -3.78. The summed E-state index contributed by atoms with van der Waals surface area (Å²) in [5.41, 5.74) is 1.15. The fourth-order valence-electron chi connectivity index (χ4n) is 3.05. The van der Waals surface area contributed by atoms with Gasteiger partial charge < -0.3 is 5.32 Å². The number of benzene rings is 1. The van der Waals surface area contributed by atoms with Crippen LogP contribution in [-0.4, -0.2) is 14.3 Å². The fourth-order valence-corrected chi connectivity index (χ4v) is 3.92. The summed E-state index contributed by atoms with van der Waals surface area (Å²) >= 11 is 0. The molecular weight excluding hydrogens is 300 g/mol. The standard InChI is InChI=1S/C16H24N2O3S/c1-2-13-8-9-14(11-15(13)22(17,20)21)18-16(19)10-12-6-4-3-5-7-12/h8-9,11-12H,2-7,10H2,1H3,(H,18,19)(H2,17,20,21). The van der Waals surface area contributed by atoms with Crippen LogP contribution in [0.2, 0.25) is 0 Å². The van der Waals surface area contributed by atoms with E-state index in [0.29, 0.717) is 30.0 Å². The summed E-state index contributed by atoms with van der Waals surface area (Å²) in [6.45, 7) is 1.87. The second kappa shape index (κ2) is 7.24. The van der Waals surface area contributed by atoms with Gasteiger partial charge in [0.2, 0.25) is 15.9 Å². The minimum Gasteiger partial charge on any atom is -0.326 e. The number of amides is 1. The highest BCUT2D eigenvalue weighted by Crippen LogP contribution is 2.27. The minimum absolute atomic E-state index is 0.0588. The van der Waals surface area contributed by atoms with E-state index in [9.17, 15) is 13.2 Å². The molecule has 1 aliphatic carbocycles. The molecule has 5 nitrogen and oxygen atoms in total. The first kappa shape index (κ1) is 17.0.